The number of carboxylic acids is 1. The first-order chi connectivity index (χ1) is 8.13. The van der Waals surface area contributed by atoms with Crippen molar-refractivity contribution >= 4 is 27.5 Å². The minimum absolute atomic E-state index is 0.279. The molecule has 5 heteroatoms. The first-order valence-electron chi connectivity index (χ1n) is 5.54. The maximum atomic E-state index is 10.9. The van der Waals surface area contributed by atoms with Crippen LogP contribution in [0.4, 0.5) is 0 Å². The molecule has 0 radical (unpaired) electrons. The molecule has 2 aromatic rings. The summed E-state index contributed by atoms with van der Waals surface area (Å²) in [4.78, 5) is 11.3. The normalized spacial score (nSPS) is 10.9. The fourth-order valence-corrected chi connectivity index (χ4v) is 2.74. The average molecular weight is 250 g/mol. The zero-order valence-corrected chi connectivity index (χ0v) is 10.4. The molecular weight excluding hydrogens is 236 g/mol. The molecule has 0 aliphatic rings. The van der Waals surface area contributed by atoms with Gasteiger partial charge in [0.15, 0.2) is 4.80 Å². The predicted molar refractivity (Wildman–Crippen MR) is 67.5 cm³/mol. The molecule has 0 unspecified atom stereocenters. The number of hydrogen-bond donors (Lipinski definition) is 2. The van der Waals surface area contributed by atoms with Crippen LogP contribution in [0.2, 0.25) is 0 Å². The Morgan fingerprint density at radius 3 is 2.94 bits per heavy atom. The molecular formula is C12H14N2O2S. The Balaban J connectivity index is 2.52. The van der Waals surface area contributed by atoms with Gasteiger partial charge in [0.2, 0.25) is 0 Å². The van der Waals surface area contributed by atoms with E-state index in [1.807, 2.05) is 4.57 Å². The number of carboxylic acid groups (broad SMARTS) is 1. The highest BCUT2D eigenvalue weighted by molar-refractivity contribution is 7.16. The number of aromatic nitrogens is 1. The molecule has 0 atom stereocenters. The largest absolute Gasteiger partial charge is 0.478 e. The lowest BCUT2D eigenvalue weighted by Crippen LogP contribution is -2.12. The number of aryl methyl sites for hydroxylation is 1. The second-order valence-corrected chi connectivity index (χ2v) is 4.93. The van der Waals surface area contributed by atoms with Gasteiger partial charge in [-0.05, 0) is 24.6 Å². The summed E-state index contributed by atoms with van der Waals surface area (Å²) in [6, 6.07) is 5.03. The van der Waals surface area contributed by atoms with Crippen LogP contribution in [0.3, 0.4) is 0 Å². The van der Waals surface area contributed by atoms with E-state index in [0.717, 1.165) is 29.6 Å². The van der Waals surface area contributed by atoms with Crippen LogP contribution in [0.15, 0.2) is 18.2 Å². The van der Waals surface area contributed by atoms with Crippen LogP contribution >= 0.6 is 11.3 Å². The number of thiazole rings is 1. The Kier molecular flexibility index (Phi) is 3.28. The van der Waals surface area contributed by atoms with Crippen molar-refractivity contribution < 1.29 is 9.90 Å². The van der Waals surface area contributed by atoms with E-state index in [1.165, 1.54) is 11.3 Å². The molecule has 17 heavy (non-hydrogen) atoms. The first-order valence-corrected chi connectivity index (χ1v) is 6.36. The van der Waals surface area contributed by atoms with Crippen molar-refractivity contribution in [3.05, 3.63) is 28.6 Å². The highest BCUT2D eigenvalue weighted by Gasteiger charge is 2.08. The summed E-state index contributed by atoms with van der Waals surface area (Å²) in [5, 5.41) is 16.8. The number of aromatic carboxylic acids is 1. The molecule has 1 heterocycles. The Hall–Kier alpha value is -1.62. The van der Waals surface area contributed by atoms with Crippen LogP contribution in [-0.2, 0) is 6.54 Å². The van der Waals surface area contributed by atoms with E-state index in [9.17, 15) is 4.79 Å². The van der Waals surface area contributed by atoms with Gasteiger partial charge in [0.1, 0.15) is 0 Å². The topological polar surface area (TPSA) is 66.1 Å². The van der Waals surface area contributed by atoms with Gasteiger partial charge in [-0.3, -0.25) is 5.41 Å². The molecule has 2 N–H and O–H groups in total. The van der Waals surface area contributed by atoms with E-state index in [4.69, 9.17) is 10.5 Å². The molecule has 2 rings (SSSR count). The summed E-state index contributed by atoms with van der Waals surface area (Å²) < 4.78 is 2.81. The fourth-order valence-electron chi connectivity index (χ4n) is 1.76. The zero-order chi connectivity index (χ0) is 12.4. The highest BCUT2D eigenvalue weighted by atomic mass is 32.1. The maximum Gasteiger partial charge on any atom is 0.335 e. The van der Waals surface area contributed by atoms with Crippen LogP contribution in [0, 0.1) is 5.41 Å². The molecule has 1 aromatic carbocycles. The van der Waals surface area contributed by atoms with Gasteiger partial charge >= 0.3 is 5.97 Å². The second-order valence-electron chi connectivity index (χ2n) is 3.90. The molecule has 0 amide bonds. The van der Waals surface area contributed by atoms with Gasteiger partial charge < -0.3 is 9.67 Å². The minimum Gasteiger partial charge on any atom is -0.478 e. The van der Waals surface area contributed by atoms with Crippen molar-refractivity contribution in [2.75, 3.05) is 0 Å². The summed E-state index contributed by atoms with van der Waals surface area (Å²) in [7, 11) is 0. The molecule has 0 spiro atoms. The minimum atomic E-state index is -0.924. The molecule has 4 nitrogen and oxygen atoms in total. The Bertz CT molecular complexity index is 612. The van der Waals surface area contributed by atoms with Crippen LogP contribution < -0.4 is 4.80 Å². The van der Waals surface area contributed by atoms with Gasteiger partial charge in [0, 0.05) is 6.54 Å². The Morgan fingerprint density at radius 2 is 2.29 bits per heavy atom. The van der Waals surface area contributed by atoms with Crippen molar-refractivity contribution in [3.63, 3.8) is 0 Å². The SMILES string of the molecule is CCCCn1c(=N)sc2cc(C(=O)O)ccc21. The number of carbonyl (C=O) groups is 1. The number of nitrogens with one attached hydrogen (secondary N) is 1. The van der Waals surface area contributed by atoms with E-state index in [2.05, 4.69) is 6.92 Å². The van der Waals surface area contributed by atoms with Gasteiger partial charge in [-0.2, -0.15) is 0 Å². The summed E-state index contributed by atoms with van der Waals surface area (Å²) in [6.45, 7) is 2.93. The molecule has 90 valence electrons. The van der Waals surface area contributed by atoms with Crippen molar-refractivity contribution in [1.82, 2.24) is 4.57 Å². The Morgan fingerprint density at radius 1 is 1.53 bits per heavy atom. The van der Waals surface area contributed by atoms with Gasteiger partial charge in [0.25, 0.3) is 0 Å². The second kappa shape index (κ2) is 4.71. The monoisotopic (exact) mass is 250 g/mol. The maximum absolute atomic E-state index is 10.9. The molecule has 0 fully saturated rings. The molecule has 0 saturated heterocycles. The number of nitrogens with zero attached hydrogens (tertiary/aromatic N) is 1. The molecule has 0 bridgehead atoms. The van der Waals surface area contributed by atoms with E-state index in [0.29, 0.717) is 4.80 Å². The van der Waals surface area contributed by atoms with Crippen molar-refractivity contribution in [1.29, 1.82) is 5.41 Å². The number of benzene rings is 1. The third-order valence-corrected chi connectivity index (χ3v) is 3.65. The van der Waals surface area contributed by atoms with Gasteiger partial charge in [-0.15, -0.1) is 0 Å². The smallest absolute Gasteiger partial charge is 0.335 e. The van der Waals surface area contributed by atoms with Crippen LogP contribution in [0.25, 0.3) is 10.2 Å². The van der Waals surface area contributed by atoms with E-state index in [-0.39, 0.29) is 5.56 Å². The number of rotatable bonds is 4. The van der Waals surface area contributed by atoms with E-state index in [1.54, 1.807) is 18.2 Å². The quantitative estimate of drug-likeness (QED) is 0.876. The van der Waals surface area contributed by atoms with Crippen LogP contribution in [0.1, 0.15) is 30.1 Å². The van der Waals surface area contributed by atoms with Gasteiger partial charge in [0.05, 0.1) is 15.8 Å². The number of hydrogen-bond acceptors (Lipinski definition) is 3. The Labute approximate surface area is 103 Å². The molecule has 0 saturated carbocycles. The van der Waals surface area contributed by atoms with Gasteiger partial charge in [-0.1, -0.05) is 24.7 Å². The summed E-state index contributed by atoms with van der Waals surface area (Å²) in [6.07, 6.45) is 2.11. The lowest BCUT2D eigenvalue weighted by atomic mass is 10.2. The van der Waals surface area contributed by atoms with Gasteiger partial charge in [-0.25, -0.2) is 4.79 Å². The van der Waals surface area contributed by atoms with Crippen molar-refractivity contribution in [2.24, 2.45) is 0 Å². The third kappa shape index (κ3) is 2.24. The summed E-state index contributed by atoms with van der Waals surface area (Å²) in [5.74, 6) is -0.924. The third-order valence-electron chi connectivity index (χ3n) is 2.68. The highest BCUT2D eigenvalue weighted by Crippen LogP contribution is 2.19. The first kappa shape index (κ1) is 11.9. The molecule has 1 aromatic heterocycles. The fraction of sp³-hybridized carbons (Fsp3) is 0.333. The molecule has 0 aliphatic carbocycles. The number of fused-ring (bicyclic) bond motifs is 1. The lowest BCUT2D eigenvalue weighted by molar-refractivity contribution is 0.0697. The van der Waals surface area contributed by atoms with E-state index < -0.39 is 5.97 Å². The average Bonchev–Trinajstić information content (AvgIpc) is 2.61. The standard InChI is InChI=1S/C12H14N2O2S/c1-2-3-6-14-9-5-4-8(11(15)16)7-10(9)17-12(14)13/h4-5,7,13H,2-3,6H2,1H3,(H,15,16). The van der Waals surface area contributed by atoms with Crippen molar-refractivity contribution in [2.45, 2.75) is 26.3 Å². The number of unbranched alkanes of at least 4 members (excludes halogenated alkanes) is 1. The predicted octanol–water partition coefficient (Wildman–Crippen LogP) is 2.68. The van der Waals surface area contributed by atoms with Crippen molar-refractivity contribution in [3.8, 4) is 0 Å². The summed E-state index contributed by atoms with van der Waals surface area (Å²) in [5.41, 5.74) is 1.24. The zero-order valence-electron chi connectivity index (χ0n) is 9.56. The summed E-state index contributed by atoms with van der Waals surface area (Å²) >= 11 is 1.33. The lowest BCUT2D eigenvalue weighted by Gasteiger charge is -2.03. The molecule has 0 aliphatic heterocycles. The van der Waals surface area contributed by atoms with E-state index >= 15 is 0 Å². The van der Waals surface area contributed by atoms with Crippen LogP contribution in [-0.4, -0.2) is 15.6 Å². The van der Waals surface area contributed by atoms with Crippen LogP contribution in [0.5, 0.6) is 0 Å².